The average Bonchev–Trinajstić information content (AvgIpc) is 3.49. The predicted octanol–water partition coefficient (Wildman–Crippen LogP) is 3.18. The number of hydrogen-bond acceptors (Lipinski definition) is 8. The van der Waals surface area contributed by atoms with Gasteiger partial charge in [0.2, 0.25) is 5.88 Å². The van der Waals surface area contributed by atoms with E-state index in [1.807, 2.05) is 40.6 Å². The summed E-state index contributed by atoms with van der Waals surface area (Å²) in [5, 5.41) is 4.71. The van der Waals surface area contributed by atoms with Crippen LogP contribution < -0.4 is 9.47 Å². The van der Waals surface area contributed by atoms with E-state index in [2.05, 4.69) is 9.97 Å². The standard InChI is InChI=1S/C24H26N6O4S/c1-15-13-29(14-25-15)19-9-8-18(26-24(19)34-3)22-27-23-17(6-5-11-30(23)28-22)16-7-10-20(33-2)21(12-16)35(4,31)32/h7-10,12-14,17H,5-6,11H2,1-4H3/t17-/m1/s1. The zero-order valence-electron chi connectivity index (χ0n) is 20.0. The topological polar surface area (TPSA) is 114 Å². The van der Waals surface area contributed by atoms with Gasteiger partial charge in [0, 0.05) is 24.9 Å². The van der Waals surface area contributed by atoms with Crippen molar-refractivity contribution in [2.24, 2.45) is 0 Å². The van der Waals surface area contributed by atoms with Gasteiger partial charge in [0.15, 0.2) is 15.7 Å². The third kappa shape index (κ3) is 4.27. The van der Waals surface area contributed by atoms with E-state index in [4.69, 9.17) is 19.6 Å². The molecule has 0 fully saturated rings. The van der Waals surface area contributed by atoms with Crippen molar-refractivity contribution in [1.29, 1.82) is 0 Å². The summed E-state index contributed by atoms with van der Waals surface area (Å²) in [4.78, 5) is 13.9. The number of ether oxygens (including phenoxy) is 2. The number of aryl methyl sites for hydroxylation is 2. The van der Waals surface area contributed by atoms with Crippen LogP contribution in [0.2, 0.25) is 0 Å². The molecule has 11 heteroatoms. The second kappa shape index (κ2) is 8.81. The molecule has 182 valence electrons. The number of nitrogens with zero attached hydrogens (tertiary/aromatic N) is 6. The summed E-state index contributed by atoms with van der Waals surface area (Å²) in [6, 6.07) is 9.04. The fraction of sp³-hybridized carbons (Fsp3) is 0.333. The monoisotopic (exact) mass is 494 g/mol. The fourth-order valence-corrected chi connectivity index (χ4v) is 5.30. The Balaban J connectivity index is 1.53. The van der Waals surface area contributed by atoms with E-state index in [1.54, 1.807) is 25.6 Å². The van der Waals surface area contributed by atoms with Crippen LogP contribution in [0.4, 0.5) is 0 Å². The van der Waals surface area contributed by atoms with Gasteiger partial charge in [-0.05, 0) is 49.6 Å². The van der Waals surface area contributed by atoms with Gasteiger partial charge in [-0.1, -0.05) is 6.07 Å². The second-order valence-electron chi connectivity index (χ2n) is 8.54. The highest BCUT2D eigenvalue weighted by Crippen LogP contribution is 2.36. The maximum Gasteiger partial charge on any atom is 0.238 e. The number of pyridine rings is 1. The molecule has 1 aliphatic rings. The van der Waals surface area contributed by atoms with Crippen LogP contribution in [-0.4, -0.2) is 58.2 Å². The van der Waals surface area contributed by atoms with Gasteiger partial charge in [-0.2, -0.15) is 0 Å². The van der Waals surface area contributed by atoms with Crippen molar-refractivity contribution < 1.29 is 17.9 Å². The maximum atomic E-state index is 12.3. The number of hydrogen-bond donors (Lipinski definition) is 0. The normalized spacial score (nSPS) is 15.6. The Morgan fingerprint density at radius 3 is 2.60 bits per heavy atom. The summed E-state index contributed by atoms with van der Waals surface area (Å²) in [5.41, 5.74) is 3.12. The molecule has 4 heterocycles. The summed E-state index contributed by atoms with van der Waals surface area (Å²) in [6.07, 6.45) is 6.53. The lowest BCUT2D eigenvalue weighted by Crippen LogP contribution is -2.18. The minimum absolute atomic E-state index is 0.0912. The molecule has 0 amide bonds. The van der Waals surface area contributed by atoms with E-state index in [0.29, 0.717) is 23.1 Å². The van der Waals surface area contributed by atoms with Crippen LogP contribution in [0.5, 0.6) is 11.6 Å². The summed E-state index contributed by atoms with van der Waals surface area (Å²) in [6.45, 7) is 2.65. The first-order valence-electron chi connectivity index (χ1n) is 11.2. The van der Waals surface area contributed by atoms with E-state index >= 15 is 0 Å². The molecule has 0 aliphatic carbocycles. The highest BCUT2D eigenvalue weighted by molar-refractivity contribution is 7.90. The molecule has 0 N–H and O–H groups in total. The molecule has 4 aromatic rings. The first-order valence-corrected chi connectivity index (χ1v) is 13.1. The molecular weight excluding hydrogens is 468 g/mol. The Labute approximate surface area is 203 Å². The number of sulfone groups is 1. The molecule has 0 saturated carbocycles. The first kappa shape index (κ1) is 23.0. The Hall–Kier alpha value is -3.73. The smallest absolute Gasteiger partial charge is 0.238 e. The Morgan fingerprint density at radius 1 is 1.09 bits per heavy atom. The molecular formula is C24H26N6O4S. The molecule has 35 heavy (non-hydrogen) atoms. The number of imidazole rings is 1. The van der Waals surface area contributed by atoms with Gasteiger partial charge >= 0.3 is 0 Å². The zero-order valence-corrected chi connectivity index (χ0v) is 20.8. The number of fused-ring (bicyclic) bond motifs is 1. The lowest BCUT2D eigenvalue weighted by Gasteiger charge is -2.23. The van der Waals surface area contributed by atoms with Crippen molar-refractivity contribution in [2.75, 3.05) is 20.5 Å². The van der Waals surface area contributed by atoms with Crippen LogP contribution in [0.15, 0.2) is 47.8 Å². The van der Waals surface area contributed by atoms with Crippen LogP contribution in [0.25, 0.3) is 17.2 Å². The molecule has 5 rings (SSSR count). The summed E-state index contributed by atoms with van der Waals surface area (Å²) in [7, 11) is -0.414. The number of rotatable bonds is 6. The number of methoxy groups -OCH3 is 2. The zero-order chi connectivity index (χ0) is 24.7. The molecule has 0 unspecified atom stereocenters. The Morgan fingerprint density at radius 2 is 1.91 bits per heavy atom. The minimum atomic E-state index is -3.45. The maximum absolute atomic E-state index is 12.3. The van der Waals surface area contributed by atoms with Gasteiger partial charge in [-0.25, -0.2) is 28.1 Å². The molecule has 0 saturated heterocycles. The SMILES string of the molecule is COc1ccc([C@H]2CCCn3nc(-c4ccc(-n5cnc(C)c5)c(OC)n4)nc32)cc1S(C)(=O)=O. The van der Waals surface area contributed by atoms with Crippen LogP contribution in [0, 0.1) is 6.92 Å². The number of aromatic nitrogens is 6. The van der Waals surface area contributed by atoms with Crippen molar-refractivity contribution in [3.05, 3.63) is 59.9 Å². The highest BCUT2D eigenvalue weighted by atomic mass is 32.2. The van der Waals surface area contributed by atoms with E-state index in [9.17, 15) is 8.42 Å². The van der Waals surface area contributed by atoms with Crippen LogP contribution in [0.1, 0.15) is 35.8 Å². The second-order valence-corrected chi connectivity index (χ2v) is 10.5. The van der Waals surface area contributed by atoms with E-state index in [1.165, 1.54) is 13.4 Å². The van der Waals surface area contributed by atoms with Crippen LogP contribution >= 0.6 is 0 Å². The molecule has 0 bridgehead atoms. The molecule has 10 nitrogen and oxygen atoms in total. The van der Waals surface area contributed by atoms with Crippen molar-refractivity contribution in [2.45, 2.75) is 37.1 Å². The van der Waals surface area contributed by atoms with Crippen molar-refractivity contribution in [1.82, 2.24) is 29.3 Å². The third-order valence-electron chi connectivity index (χ3n) is 6.12. The van der Waals surface area contributed by atoms with Gasteiger partial charge < -0.3 is 14.0 Å². The third-order valence-corrected chi connectivity index (χ3v) is 7.23. The van der Waals surface area contributed by atoms with Crippen molar-refractivity contribution in [3.63, 3.8) is 0 Å². The fourth-order valence-electron chi connectivity index (χ4n) is 4.43. The molecule has 1 aliphatic heterocycles. The minimum Gasteiger partial charge on any atom is -0.495 e. The Bertz CT molecular complexity index is 1510. The van der Waals surface area contributed by atoms with E-state index < -0.39 is 9.84 Å². The first-order chi connectivity index (χ1) is 16.8. The Kier molecular flexibility index (Phi) is 5.79. The highest BCUT2D eigenvalue weighted by Gasteiger charge is 2.28. The summed E-state index contributed by atoms with van der Waals surface area (Å²) in [5.74, 6) is 1.96. The quantitative estimate of drug-likeness (QED) is 0.402. The van der Waals surface area contributed by atoms with Gasteiger partial charge in [-0.15, -0.1) is 5.10 Å². The van der Waals surface area contributed by atoms with Gasteiger partial charge in [0.1, 0.15) is 27.9 Å². The molecule has 3 aromatic heterocycles. The van der Waals surface area contributed by atoms with E-state index in [0.717, 1.165) is 42.2 Å². The summed E-state index contributed by atoms with van der Waals surface area (Å²) < 4.78 is 39.2. The lowest BCUT2D eigenvalue weighted by atomic mass is 9.91. The van der Waals surface area contributed by atoms with Crippen molar-refractivity contribution >= 4 is 9.84 Å². The van der Waals surface area contributed by atoms with Crippen molar-refractivity contribution in [3.8, 4) is 28.8 Å². The van der Waals surface area contributed by atoms with Gasteiger partial charge in [-0.3, -0.25) is 0 Å². The predicted molar refractivity (Wildman–Crippen MR) is 129 cm³/mol. The number of benzene rings is 1. The van der Waals surface area contributed by atoms with Gasteiger partial charge in [0.05, 0.1) is 26.2 Å². The molecule has 1 atom stereocenters. The molecule has 1 aromatic carbocycles. The van der Waals surface area contributed by atoms with Crippen LogP contribution in [-0.2, 0) is 16.4 Å². The van der Waals surface area contributed by atoms with Crippen LogP contribution in [0.3, 0.4) is 0 Å². The average molecular weight is 495 g/mol. The van der Waals surface area contributed by atoms with E-state index in [-0.39, 0.29) is 10.8 Å². The molecule has 0 spiro atoms. The largest absolute Gasteiger partial charge is 0.495 e. The summed E-state index contributed by atoms with van der Waals surface area (Å²) >= 11 is 0. The molecule has 0 radical (unpaired) electrons. The lowest BCUT2D eigenvalue weighted by molar-refractivity contribution is 0.396. The van der Waals surface area contributed by atoms with Gasteiger partial charge in [0.25, 0.3) is 0 Å².